The predicted octanol–water partition coefficient (Wildman–Crippen LogP) is 2.96. The van der Waals surface area contributed by atoms with Gasteiger partial charge in [0.15, 0.2) is 0 Å². The monoisotopic (exact) mass is 225 g/mol. The van der Waals surface area contributed by atoms with Crippen molar-refractivity contribution in [1.82, 2.24) is 9.97 Å². The second kappa shape index (κ2) is 4.35. The summed E-state index contributed by atoms with van der Waals surface area (Å²) < 4.78 is 0. The van der Waals surface area contributed by atoms with Crippen LogP contribution in [0.4, 0.5) is 5.82 Å². The molecule has 0 radical (unpaired) electrons. The van der Waals surface area contributed by atoms with Crippen LogP contribution in [0.3, 0.4) is 0 Å². The fourth-order valence-corrected chi connectivity index (χ4v) is 1.78. The van der Waals surface area contributed by atoms with Gasteiger partial charge in [0.2, 0.25) is 0 Å². The van der Waals surface area contributed by atoms with Crippen molar-refractivity contribution in [1.29, 1.82) is 0 Å². The van der Waals surface area contributed by atoms with E-state index in [1.807, 2.05) is 13.8 Å². The van der Waals surface area contributed by atoms with Gasteiger partial charge < -0.3 is 5.32 Å². The first-order valence-electron chi connectivity index (χ1n) is 5.41. The highest BCUT2D eigenvalue weighted by Crippen LogP contribution is 2.32. The van der Waals surface area contributed by atoms with Crippen molar-refractivity contribution in [2.75, 3.05) is 11.9 Å². The van der Waals surface area contributed by atoms with Crippen molar-refractivity contribution < 1.29 is 0 Å². The first-order chi connectivity index (χ1) is 7.16. The maximum atomic E-state index is 5.98. The second-order valence-corrected chi connectivity index (χ2v) is 4.55. The van der Waals surface area contributed by atoms with Crippen molar-refractivity contribution in [2.45, 2.75) is 33.1 Å². The normalized spacial score (nSPS) is 15.4. The molecule has 1 heterocycles. The molecule has 0 aliphatic heterocycles. The molecule has 0 unspecified atom stereocenters. The zero-order valence-corrected chi connectivity index (χ0v) is 9.93. The largest absolute Gasteiger partial charge is 0.370 e. The lowest BCUT2D eigenvalue weighted by Crippen LogP contribution is -2.07. The number of rotatable bonds is 4. The number of hydrogen-bond donors (Lipinski definition) is 1. The Kier molecular flexibility index (Phi) is 3.10. The van der Waals surface area contributed by atoms with E-state index in [0.29, 0.717) is 5.15 Å². The van der Waals surface area contributed by atoms with Crippen molar-refractivity contribution in [3.8, 4) is 0 Å². The van der Waals surface area contributed by atoms with Crippen molar-refractivity contribution in [3.63, 3.8) is 0 Å². The van der Waals surface area contributed by atoms with Gasteiger partial charge in [0.25, 0.3) is 0 Å². The quantitative estimate of drug-likeness (QED) is 0.801. The van der Waals surface area contributed by atoms with Gasteiger partial charge in [-0.05, 0) is 26.2 Å². The average molecular weight is 226 g/mol. The highest BCUT2D eigenvalue weighted by Gasteiger charge is 2.20. The van der Waals surface area contributed by atoms with Crippen LogP contribution >= 0.6 is 11.6 Å². The molecule has 1 aromatic heterocycles. The Balaban J connectivity index is 1.98. The number of anilines is 1. The summed E-state index contributed by atoms with van der Waals surface area (Å²) in [6.45, 7) is 4.79. The van der Waals surface area contributed by atoms with Crippen molar-refractivity contribution >= 4 is 17.4 Å². The molecule has 82 valence electrons. The molecule has 0 spiro atoms. The molecule has 0 bridgehead atoms. The Morgan fingerprint density at radius 3 is 2.73 bits per heavy atom. The molecule has 1 fully saturated rings. The average Bonchev–Trinajstić information content (AvgIpc) is 2.97. The van der Waals surface area contributed by atoms with Crippen molar-refractivity contribution in [3.05, 3.63) is 16.5 Å². The summed E-state index contributed by atoms with van der Waals surface area (Å²) in [4.78, 5) is 8.45. The molecule has 0 atom stereocenters. The van der Waals surface area contributed by atoms with Gasteiger partial charge in [0.05, 0.1) is 0 Å². The minimum Gasteiger partial charge on any atom is -0.370 e. The van der Waals surface area contributed by atoms with E-state index in [0.717, 1.165) is 29.7 Å². The third-order valence-corrected chi connectivity index (χ3v) is 3.11. The lowest BCUT2D eigenvalue weighted by Gasteiger charge is -2.09. The van der Waals surface area contributed by atoms with Crippen molar-refractivity contribution in [2.24, 2.45) is 5.92 Å². The van der Waals surface area contributed by atoms with E-state index in [9.17, 15) is 0 Å². The number of aryl methyl sites for hydroxylation is 1. The lowest BCUT2D eigenvalue weighted by molar-refractivity contribution is 0.757. The van der Waals surface area contributed by atoms with Crippen LogP contribution in [0.2, 0.25) is 5.15 Å². The Bertz CT molecular complexity index is 361. The van der Waals surface area contributed by atoms with E-state index >= 15 is 0 Å². The summed E-state index contributed by atoms with van der Waals surface area (Å²) in [6, 6.07) is 0. The van der Waals surface area contributed by atoms with Gasteiger partial charge in [0, 0.05) is 12.1 Å². The number of hydrogen-bond acceptors (Lipinski definition) is 3. The van der Waals surface area contributed by atoms with Crippen LogP contribution in [0.15, 0.2) is 0 Å². The van der Waals surface area contributed by atoms with E-state index in [-0.39, 0.29) is 0 Å². The minimum absolute atomic E-state index is 0.552. The topological polar surface area (TPSA) is 37.8 Å². The third-order valence-electron chi connectivity index (χ3n) is 2.74. The summed E-state index contributed by atoms with van der Waals surface area (Å²) in [7, 11) is 0. The fraction of sp³-hybridized carbons (Fsp3) is 0.636. The maximum Gasteiger partial charge on any atom is 0.137 e. The molecular weight excluding hydrogens is 210 g/mol. The standard InChI is InChI=1S/C11H16ClN3/c1-7-10(12)14-8(2)15-11(7)13-6-5-9-3-4-9/h9H,3-6H2,1-2H3,(H,13,14,15). The van der Waals surface area contributed by atoms with Gasteiger partial charge >= 0.3 is 0 Å². The molecule has 0 aromatic carbocycles. The number of nitrogens with one attached hydrogen (secondary N) is 1. The van der Waals surface area contributed by atoms with Gasteiger partial charge in [-0.15, -0.1) is 0 Å². The first kappa shape index (κ1) is 10.7. The van der Waals surface area contributed by atoms with Crippen LogP contribution in [0.25, 0.3) is 0 Å². The molecule has 1 saturated carbocycles. The number of nitrogens with zero attached hydrogens (tertiary/aromatic N) is 2. The van der Waals surface area contributed by atoms with E-state index in [4.69, 9.17) is 11.6 Å². The molecule has 1 aromatic rings. The van der Waals surface area contributed by atoms with Crippen LogP contribution in [0.1, 0.15) is 30.7 Å². The highest BCUT2D eigenvalue weighted by molar-refractivity contribution is 6.30. The van der Waals surface area contributed by atoms with E-state index < -0.39 is 0 Å². The molecule has 0 amide bonds. The number of aromatic nitrogens is 2. The molecule has 3 nitrogen and oxygen atoms in total. The number of halogens is 1. The van der Waals surface area contributed by atoms with E-state index in [2.05, 4.69) is 15.3 Å². The Labute approximate surface area is 95.3 Å². The van der Waals surface area contributed by atoms with Crippen LogP contribution < -0.4 is 5.32 Å². The SMILES string of the molecule is Cc1nc(Cl)c(C)c(NCCC2CC2)n1. The van der Waals surface area contributed by atoms with Crippen LogP contribution in [-0.2, 0) is 0 Å². The van der Waals surface area contributed by atoms with Gasteiger partial charge in [-0.25, -0.2) is 9.97 Å². The Morgan fingerprint density at radius 2 is 2.07 bits per heavy atom. The molecule has 0 saturated heterocycles. The molecule has 2 rings (SSSR count). The molecule has 15 heavy (non-hydrogen) atoms. The second-order valence-electron chi connectivity index (χ2n) is 4.19. The van der Waals surface area contributed by atoms with Gasteiger partial charge in [-0.3, -0.25) is 0 Å². The van der Waals surface area contributed by atoms with Crippen LogP contribution in [0, 0.1) is 19.8 Å². The van der Waals surface area contributed by atoms with Gasteiger partial charge in [-0.1, -0.05) is 24.4 Å². The Hall–Kier alpha value is -0.830. The maximum absolute atomic E-state index is 5.98. The molecule has 1 aliphatic carbocycles. The van der Waals surface area contributed by atoms with E-state index in [1.165, 1.54) is 19.3 Å². The van der Waals surface area contributed by atoms with Gasteiger partial charge in [0.1, 0.15) is 16.8 Å². The zero-order chi connectivity index (χ0) is 10.8. The lowest BCUT2D eigenvalue weighted by atomic mass is 10.3. The highest BCUT2D eigenvalue weighted by atomic mass is 35.5. The predicted molar refractivity (Wildman–Crippen MR) is 62.3 cm³/mol. The first-order valence-corrected chi connectivity index (χ1v) is 5.79. The molecule has 1 aliphatic rings. The van der Waals surface area contributed by atoms with E-state index in [1.54, 1.807) is 0 Å². The summed E-state index contributed by atoms with van der Waals surface area (Å²) >= 11 is 5.98. The van der Waals surface area contributed by atoms with Crippen LogP contribution in [0.5, 0.6) is 0 Å². The summed E-state index contributed by atoms with van der Waals surface area (Å²) in [6.07, 6.45) is 4.02. The third kappa shape index (κ3) is 2.81. The molecule has 4 heteroatoms. The smallest absolute Gasteiger partial charge is 0.137 e. The summed E-state index contributed by atoms with van der Waals surface area (Å²) in [5, 5.41) is 3.88. The summed E-state index contributed by atoms with van der Waals surface area (Å²) in [5.74, 6) is 2.55. The Morgan fingerprint density at radius 1 is 1.33 bits per heavy atom. The zero-order valence-electron chi connectivity index (χ0n) is 9.18. The molecule has 1 N–H and O–H groups in total. The fourth-order valence-electron chi connectivity index (χ4n) is 1.57. The summed E-state index contributed by atoms with van der Waals surface area (Å²) in [5.41, 5.74) is 0.943. The molecular formula is C11H16ClN3. The minimum atomic E-state index is 0.552. The van der Waals surface area contributed by atoms with Gasteiger partial charge in [-0.2, -0.15) is 0 Å². The van der Waals surface area contributed by atoms with Crippen LogP contribution in [-0.4, -0.2) is 16.5 Å².